The zero-order valence-corrected chi connectivity index (χ0v) is 20.4. The Labute approximate surface area is 193 Å². The van der Waals surface area contributed by atoms with Gasteiger partial charge in [-0.25, -0.2) is 4.79 Å². The van der Waals surface area contributed by atoms with Crippen molar-refractivity contribution in [3.05, 3.63) is 29.8 Å². The Morgan fingerprint density at radius 3 is 2.25 bits per heavy atom. The van der Waals surface area contributed by atoms with Gasteiger partial charge in [0.2, 0.25) is 5.91 Å². The predicted octanol–water partition coefficient (Wildman–Crippen LogP) is 2.55. The number of thioether (sulfide) groups is 1. The minimum absolute atomic E-state index is 0.114. The lowest BCUT2D eigenvalue weighted by molar-refractivity contribution is -0.163. The number of imide groups is 1. The number of carbonyl (C=O) groups is 3. The number of aliphatic hydroxyl groups is 1. The molecule has 10 heteroatoms. The number of methoxy groups -OCH3 is 1. The molecule has 0 aliphatic heterocycles. The van der Waals surface area contributed by atoms with Crippen LogP contribution in [0.5, 0.6) is 5.75 Å². The third-order valence-corrected chi connectivity index (χ3v) is 6.40. The molecule has 32 heavy (non-hydrogen) atoms. The topological polar surface area (TPSA) is 128 Å². The highest BCUT2D eigenvalue weighted by atomic mass is 32.2. The molecule has 1 aromatic rings. The van der Waals surface area contributed by atoms with E-state index in [9.17, 15) is 24.7 Å². The minimum atomic E-state index is -1.51. The lowest BCUT2D eigenvalue weighted by Crippen LogP contribution is -2.59. The molecule has 0 spiro atoms. The summed E-state index contributed by atoms with van der Waals surface area (Å²) < 4.78 is 4.35. The predicted molar refractivity (Wildman–Crippen MR) is 123 cm³/mol. The van der Waals surface area contributed by atoms with E-state index in [0.717, 1.165) is 11.3 Å². The van der Waals surface area contributed by atoms with Crippen molar-refractivity contribution >= 4 is 29.6 Å². The zero-order valence-electron chi connectivity index (χ0n) is 19.5. The third kappa shape index (κ3) is 8.33. The number of hydroxylamine groups is 2. The highest BCUT2D eigenvalue weighted by Crippen LogP contribution is 2.32. The number of ether oxygens (including phenoxy) is 1. The van der Waals surface area contributed by atoms with Crippen LogP contribution in [0.15, 0.2) is 24.3 Å². The molecule has 1 rings (SSSR count). The SMILES string of the molecule is CNC(=O)C(NC(=O)N(O)C(=O)[C@@H](O)CCC(C)C)C(C)(C)SCc1ccc(OC)cc1. The van der Waals surface area contributed by atoms with Gasteiger partial charge >= 0.3 is 6.03 Å². The fourth-order valence-electron chi connectivity index (χ4n) is 2.81. The van der Waals surface area contributed by atoms with E-state index in [1.165, 1.54) is 18.8 Å². The molecule has 180 valence electrons. The third-order valence-electron chi connectivity index (χ3n) is 4.95. The highest BCUT2D eigenvalue weighted by molar-refractivity contribution is 7.99. The fraction of sp³-hybridized carbons (Fsp3) is 0.591. The van der Waals surface area contributed by atoms with Gasteiger partial charge in [-0.15, -0.1) is 16.8 Å². The van der Waals surface area contributed by atoms with Gasteiger partial charge in [0.25, 0.3) is 5.91 Å². The second-order valence-electron chi connectivity index (χ2n) is 8.37. The molecule has 0 aliphatic rings. The van der Waals surface area contributed by atoms with E-state index in [1.54, 1.807) is 21.0 Å². The summed E-state index contributed by atoms with van der Waals surface area (Å²) >= 11 is 1.43. The van der Waals surface area contributed by atoms with Crippen molar-refractivity contribution < 1.29 is 29.4 Å². The normalized spacial score (nSPS) is 13.3. The number of nitrogens with zero attached hydrogens (tertiary/aromatic N) is 1. The first-order valence-electron chi connectivity index (χ1n) is 10.4. The van der Waals surface area contributed by atoms with Crippen LogP contribution in [0.25, 0.3) is 0 Å². The molecule has 4 N–H and O–H groups in total. The maximum atomic E-state index is 12.5. The number of carbonyl (C=O) groups excluding carboxylic acids is 3. The molecule has 2 atom stereocenters. The second-order valence-corrected chi connectivity index (χ2v) is 10.0. The van der Waals surface area contributed by atoms with Crippen molar-refractivity contribution in [3.8, 4) is 5.75 Å². The molecule has 4 amide bonds. The lowest BCUT2D eigenvalue weighted by atomic mass is 10.0. The van der Waals surface area contributed by atoms with Gasteiger partial charge in [0.05, 0.1) is 7.11 Å². The summed E-state index contributed by atoms with van der Waals surface area (Å²) in [4.78, 5) is 37.2. The fourth-order valence-corrected chi connectivity index (χ4v) is 3.88. The summed E-state index contributed by atoms with van der Waals surface area (Å²) in [5.41, 5.74) is 0.998. The van der Waals surface area contributed by atoms with Gasteiger partial charge < -0.3 is 20.5 Å². The highest BCUT2D eigenvalue weighted by Gasteiger charge is 2.38. The van der Waals surface area contributed by atoms with E-state index in [2.05, 4.69) is 10.6 Å². The number of likely N-dealkylation sites (N-methyl/N-ethyl adjacent to an activating group) is 1. The number of hydrogen-bond acceptors (Lipinski definition) is 7. The first-order valence-corrected chi connectivity index (χ1v) is 11.4. The maximum absolute atomic E-state index is 12.5. The van der Waals surface area contributed by atoms with Crippen LogP contribution in [-0.4, -0.2) is 64.3 Å². The zero-order chi connectivity index (χ0) is 24.5. The van der Waals surface area contributed by atoms with Crippen LogP contribution in [0.2, 0.25) is 0 Å². The molecule has 0 fully saturated rings. The van der Waals surface area contributed by atoms with Gasteiger partial charge in [0, 0.05) is 17.5 Å². The first-order chi connectivity index (χ1) is 14.9. The quantitative estimate of drug-likeness (QED) is 0.290. The van der Waals surface area contributed by atoms with Crippen molar-refractivity contribution in [3.63, 3.8) is 0 Å². The average Bonchev–Trinajstić information content (AvgIpc) is 2.78. The molecule has 0 bridgehead atoms. The molecule has 0 radical (unpaired) electrons. The van der Waals surface area contributed by atoms with Crippen LogP contribution in [0.1, 0.15) is 46.1 Å². The van der Waals surface area contributed by atoms with Gasteiger partial charge in [0.15, 0.2) is 0 Å². The summed E-state index contributed by atoms with van der Waals surface area (Å²) in [6.45, 7) is 7.42. The standard InChI is InChI=1S/C22H35N3O6S/c1-14(2)7-12-17(26)20(28)25(30)21(29)24-18(19(27)23-5)22(3,4)32-13-15-8-10-16(31-6)11-9-15/h8-11,14,17-18,26,30H,7,12-13H2,1-6H3,(H,23,27)(H,24,29)/t17-,18?/m0/s1. The van der Waals surface area contributed by atoms with Crippen molar-refractivity contribution in [1.29, 1.82) is 0 Å². The Morgan fingerprint density at radius 2 is 1.75 bits per heavy atom. The van der Waals surface area contributed by atoms with E-state index in [0.29, 0.717) is 12.2 Å². The smallest absolute Gasteiger partial charge is 0.349 e. The first kappa shape index (κ1) is 27.7. The number of benzene rings is 1. The molecular formula is C22H35N3O6S. The minimum Gasteiger partial charge on any atom is -0.497 e. The summed E-state index contributed by atoms with van der Waals surface area (Å²) in [5.74, 6) is -0.0820. The van der Waals surface area contributed by atoms with Gasteiger partial charge in [-0.2, -0.15) is 0 Å². The summed E-state index contributed by atoms with van der Waals surface area (Å²) in [7, 11) is 3.02. The number of hydrogen-bond donors (Lipinski definition) is 4. The molecular weight excluding hydrogens is 434 g/mol. The number of amides is 4. The summed E-state index contributed by atoms with van der Waals surface area (Å²) in [6, 6.07) is 5.25. The van der Waals surface area contributed by atoms with Gasteiger partial charge in [-0.3, -0.25) is 14.8 Å². The maximum Gasteiger partial charge on any atom is 0.349 e. The van der Waals surface area contributed by atoms with Crippen LogP contribution >= 0.6 is 11.8 Å². The van der Waals surface area contributed by atoms with Gasteiger partial charge in [-0.05, 0) is 50.3 Å². The van der Waals surface area contributed by atoms with E-state index in [-0.39, 0.29) is 17.4 Å². The van der Waals surface area contributed by atoms with Crippen molar-refractivity contribution in [2.75, 3.05) is 14.2 Å². The monoisotopic (exact) mass is 469 g/mol. The lowest BCUT2D eigenvalue weighted by Gasteiger charge is -2.33. The number of urea groups is 1. The Morgan fingerprint density at radius 1 is 1.16 bits per heavy atom. The largest absolute Gasteiger partial charge is 0.497 e. The summed E-state index contributed by atoms with van der Waals surface area (Å²) in [5, 5.41) is 24.7. The van der Waals surface area contributed by atoms with Crippen LogP contribution in [-0.2, 0) is 15.3 Å². The Balaban J connectivity index is 2.85. The summed E-state index contributed by atoms with van der Waals surface area (Å²) in [6.07, 6.45) is -0.842. The van der Waals surface area contributed by atoms with Gasteiger partial charge in [-0.1, -0.05) is 26.0 Å². The van der Waals surface area contributed by atoms with Crippen LogP contribution in [0, 0.1) is 5.92 Å². The van der Waals surface area contributed by atoms with E-state index in [4.69, 9.17) is 4.74 Å². The molecule has 0 aromatic heterocycles. The van der Waals surface area contributed by atoms with E-state index >= 15 is 0 Å². The average molecular weight is 470 g/mol. The molecule has 1 unspecified atom stereocenters. The van der Waals surface area contributed by atoms with Crippen molar-refractivity contribution in [2.45, 2.75) is 63.2 Å². The Hall–Kier alpha value is -2.30. The molecule has 9 nitrogen and oxygen atoms in total. The van der Waals surface area contributed by atoms with Gasteiger partial charge in [0.1, 0.15) is 17.9 Å². The van der Waals surface area contributed by atoms with Crippen molar-refractivity contribution in [1.82, 2.24) is 15.7 Å². The number of rotatable bonds is 11. The molecule has 1 aromatic carbocycles. The number of aliphatic hydroxyl groups excluding tert-OH is 1. The van der Waals surface area contributed by atoms with Crippen LogP contribution in [0.3, 0.4) is 0 Å². The second kappa shape index (κ2) is 12.7. The van der Waals surface area contributed by atoms with Crippen molar-refractivity contribution in [2.24, 2.45) is 5.92 Å². The Bertz CT molecular complexity index is 769. The molecule has 0 saturated heterocycles. The van der Waals surface area contributed by atoms with Crippen LogP contribution < -0.4 is 15.4 Å². The molecule has 0 heterocycles. The number of nitrogens with one attached hydrogen (secondary N) is 2. The molecule has 0 saturated carbocycles. The molecule has 0 aliphatic carbocycles. The van der Waals surface area contributed by atoms with Crippen LogP contribution in [0.4, 0.5) is 4.79 Å². The van der Waals surface area contributed by atoms with E-state index in [1.807, 2.05) is 38.1 Å². The Kier molecular flexibility index (Phi) is 11.0. The van der Waals surface area contributed by atoms with E-state index < -0.39 is 34.7 Å².